The number of nitro groups is 1. The zero-order chi connectivity index (χ0) is 15.2. The normalized spacial score (nSPS) is 9.95. The Morgan fingerprint density at radius 3 is 2.71 bits per heavy atom. The molecule has 0 spiro atoms. The Balaban J connectivity index is 2.35. The van der Waals surface area contributed by atoms with Gasteiger partial charge in [-0.2, -0.15) is 0 Å². The average molecular weight is 307 g/mol. The van der Waals surface area contributed by atoms with Crippen LogP contribution >= 0.6 is 11.6 Å². The number of nitrogens with one attached hydrogen (secondary N) is 2. The Labute approximate surface area is 125 Å². The highest BCUT2D eigenvalue weighted by molar-refractivity contribution is 6.30. The van der Waals surface area contributed by atoms with Crippen LogP contribution in [0.2, 0.25) is 5.02 Å². The Kier molecular flexibility index (Phi) is 4.62. The molecule has 0 saturated carbocycles. The van der Waals surface area contributed by atoms with Crippen LogP contribution in [0.25, 0.3) is 0 Å². The van der Waals surface area contributed by atoms with Gasteiger partial charge < -0.3 is 10.6 Å². The van der Waals surface area contributed by atoms with Crippen molar-refractivity contribution in [1.29, 1.82) is 0 Å². The van der Waals surface area contributed by atoms with Gasteiger partial charge >= 0.3 is 5.69 Å². The monoisotopic (exact) mass is 306 g/mol. The number of hydrogen-bond acceptors (Lipinski definition) is 7. The van der Waals surface area contributed by atoms with Crippen molar-refractivity contribution in [3.8, 4) is 0 Å². The van der Waals surface area contributed by atoms with Crippen LogP contribution in [0, 0.1) is 10.1 Å². The van der Waals surface area contributed by atoms with E-state index in [0.717, 1.165) is 0 Å². The highest BCUT2D eigenvalue weighted by Crippen LogP contribution is 2.30. The predicted molar refractivity (Wildman–Crippen MR) is 79.9 cm³/mol. The van der Waals surface area contributed by atoms with Gasteiger partial charge in [-0.1, -0.05) is 17.7 Å². The van der Waals surface area contributed by atoms with Gasteiger partial charge in [0.25, 0.3) is 0 Å². The number of halogens is 1. The van der Waals surface area contributed by atoms with Crippen LogP contribution in [0.3, 0.4) is 0 Å². The number of pyridine rings is 1. The van der Waals surface area contributed by atoms with E-state index in [9.17, 15) is 10.1 Å². The van der Waals surface area contributed by atoms with E-state index < -0.39 is 4.92 Å². The summed E-state index contributed by atoms with van der Waals surface area (Å²) in [5.74, 6) is 0.526. The molecule has 0 saturated heterocycles. The van der Waals surface area contributed by atoms with Crippen LogP contribution < -0.4 is 10.6 Å². The molecule has 0 atom stereocenters. The van der Waals surface area contributed by atoms with Gasteiger partial charge in [0, 0.05) is 12.7 Å². The Bertz CT molecular complexity index is 661. The van der Waals surface area contributed by atoms with Crippen LogP contribution in [0.5, 0.6) is 0 Å². The maximum absolute atomic E-state index is 11.2. The molecular weight excluding hydrogens is 296 g/mol. The van der Waals surface area contributed by atoms with Gasteiger partial charge in [-0.15, -0.1) is 6.58 Å². The zero-order valence-corrected chi connectivity index (χ0v) is 11.5. The lowest BCUT2D eigenvalue weighted by Gasteiger charge is -2.08. The van der Waals surface area contributed by atoms with E-state index in [1.165, 1.54) is 12.5 Å². The molecule has 0 amide bonds. The second-order valence-corrected chi connectivity index (χ2v) is 4.27. The molecule has 2 aromatic heterocycles. The first-order valence-corrected chi connectivity index (χ1v) is 6.22. The van der Waals surface area contributed by atoms with E-state index in [1.807, 2.05) is 0 Å². The molecule has 2 heterocycles. The van der Waals surface area contributed by atoms with E-state index in [0.29, 0.717) is 17.4 Å². The molecule has 0 aliphatic rings. The van der Waals surface area contributed by atoms with Gasteiger partial charge in [0.05, 0.1) is 9.95 Å². The van der Waals surface area contributed by atoms with Crippen molar-refractivity contribution >= 4 is 34.7 Å². The fourth-order valence-electron chi connectivity index (χ4n) is 1.51. The second kappa shape index (κ2) is 6.62. The molecule has 0 radical (unpaired) electrons. The van der Waals surface area contributed by atoms with Gasteiger partial charge in [0.15, 0.2) is 0 Å². The standard InChI is InChI=1S/C12H11ClN6O2/c1-2-5-14-11-10(19(20)21)12(17-7-16-11)18-9-4-3-8(13)6-15-9/h2-4,6-7H,1,5H2,(H2,14,15,16,17,18). The molecule has 0 aromatic carbocycles. The first-order valence-electron chi connectivity index (χ1n) is 5.84. The van der Waals surface area contributed by atoms with Crippen LogP contribution in [0.1, 0.15) is 0 Å². The summed E-state index contributed by atoms with van der Waals surface area (Å²) >= 11 is 5.74. The third-order valence-electron chi connectivity index (χ3n) is 2.39. The summed E-state index contributed by atoms with van der Waals surface area (Å²) in [5, 5.41) is 17.2. The van der Waals surface area contributed by atoms with Gasteiger partial charge in [-0.3, -0.25) is 10.1 Å². The largest absolute Gasteiger partial charge is 0.361 e. The summed E-state index contributed by atoms with van der Waals surface area (Å²) in [6, 6.07) is 3.20. The van der Waals surface area contributed by atoms with Gasteiger partial charge in [0.2, 0.25) is 11.6 Å². The molecule has 9 heteroatoms. The van der Waals surface area contributed by atoms with Gasteiger partial charge in [0.1, 0.15) is 12.1 Å². The minimum atomic E-state index is -0.566. The molecule has 2 rings (SSSR count). The molecule has 0 bridgehead atoms. The zero-order valence-electron chi connectivity index (χ0n) is 10.8. The minimum absolute atomic E-state index is 0.0383. The van der Waals surface area contributed by atoms with E-state index in [-0.39, 0.29) is 17.3 Å². The summed E-state index contributed by atoms with van der Waals surface area (Å²) in [7, 11) is 0. The third kappa shape index (κ3) is 3.63. The first-order chi connectivity index (χ1) is 10.1. The number of nitrogens with zero attached hydrogens (tertiary/aromatic N) is 4. The quantitative estimate of drug-likeness (QED) is 0.480. The molecule has 8 nitrogen and oxygen atoms in total. The molecule has 21 heavy (non-hydrogen) atoms. The SMILES string of the molecule is C=CCNc1ncnc(Nc2ccc(Cl)cn2)c1[N+](=O)[O-]. The molecule has 108 valence electrons. The minimum Gasteiger partial charge on any atom is -0.361 e. The van der Waals surface area contributed by atoms with E-state index in [2.05, 4.69) is 32.2 Å². The molecule has 0 aliphatic heterocycles. The fraction of sp³-hybridized carbons (Fsp3) is 0.0833. The van der Waals surface area contributed by atoms with Crippen LogP contribution in [0.4, 0.5) is 23.1 Å². The van der Waals surface area contributed by atoms with Crippen molar-refractivity contribution in [1.82, 2.24) is 15.0 Å². The van der Waals surface area contributed by atoms with Crippen molar-refractivity contribution in [2.45, 2.75) is 0 Å². The van der Waals surface area contributed by atoms with E-state index in [4.69, 9.17) is 11.6 Å². The summed E-state index contributed by atoms with van der Waals surface area (Å²) in [4.78, 5) is 22.4. The lowest BCUT2D eigenvalue weighted by atomic mass is 10.4. The van der Waals surface area contributed by atoms with Crippen molar-refractivity contribution in [3.63, 3.8) is 0 Å². The number of aromatic nitrogens is 3. The van der Waals surface area contributed by atoms with Crippen molar-refractivity contribution in [3.05, 3.63) is 52.4 Å². The third-order valence-corrected chi connectivity index (χ3v) is 2.62. The highest BCUT2D eigenvalue weighted by Gasteiger charge is 2.22. The molecule has 0 unspecified atom stereocenters. The Hall–Kier alpha value is -2.74. The average Bonchev–Trinajstić information content (AvgIpc) is 2.47. The maximum Gasteiger partial charge on any atom is 0.353 e. The number of hydrogen-bond donors (Lipinski definition) is 2. The van der Waals surface area contributed by atoms with Crippen molar-refractivity contribution in [2.24, 2.45) is 0 Å². The summed E-state index contributed by atoms with van der Waals surface area (Å²) in [6.07, 6.45) is 4.21. The van der Waals surface area contributed by atoms with E-state index in [1.54, 1.807) is 18.2 Å². The van der Waals surface area contributed by atoms with E-state index >= 15 is 0 Å². The topological polar surface area (TPSA) is 106 Å². The maximum atomic E-state index is 11.2. The van der Waals surface area contributed by atoms with Gasteiger partial charge in [-0.25, -0.2) is 15.0 Å². The number of rotatable bonds is 6. The lowest BCUT2D eigenvalue weighted by Crippen LogP contribution is -2.08. The smallest absolute Gasteiger partial charge is 0.353 e. The highest BCUT2D eigenvalue weighted by atomic mass is 35.5. The number of anilines is 3. The van der Waals surface area contributed by atoms with Crippen LogP contribution in [0.15, 0.2) is 37.3 Å². The fourth-order valence-corrected chi connectivity index (χ4v) is 1.62. The first kappa shape index (κ1) is 14.7. The van der Waals surface area contributed by atoms with Crippen molar-refractivity contribution in [2.75, 3.05) is 17.2 Å². The van der Waals surface area contributed by atoms with Crippen LogP contribution in [-0.2, 0) is 0 Å². The Morgan fingerprint density at radius 1 is 1.33 bits per heavy atom. The Morgan fingerprint density at radius 2 is 2.10 bits per heavy atom. The molecule has 2 aromatic rings. The summed E-state index contributed by atoms with van der Waals surface area (Å²) in [5.41, 5.74) is -0.267. The van der Waals surface area contributed by atoms with Gasteiger partial charge in [-0.05, 0) is 12.1 Å². The lowest BCUT2D eigenvalue weighted by molar-refractivity contribution is -0.383. The molecular formula is C12H11ClN6O2. The van der Waals surface area contributed by atoms with Crippen molar-refractivity contribution < 1.29 is 4.92 Å². The second-order valence-electron chi connectivity index (χ2n) is 3.83. The summed E-state index contributed by atoms with van der Waals surface area (Å²) in [6.45, 7) is 3.88. The van der Waals surface area contributed by atoms with Crippen LogP contribution in [-0.4, -0.2) is 26.4 Å². The molecule has 2 N–H and O–H groups in total. The summed E-state index contributed by atoms with van der Waals surface area (Å²) < 4.78 is 0. The molecule has 0 aliphatic carbocycles. The predicted octanol–water partition coefficient (Wildman–Crippen LogP) is 2.77. The molecule has 0 fully saturated rings.